The quantitative estimate of drug-likeness (QED) is 0.155. The molecule has 1 aliphatic heterocycles. The molecule has 0 N–H and O–H groups in total. The van der Waals surface area contributed by atoms with Gasteiger partial charge in [-0.25, -0.2) is 4.98 Å². The molecule has 12 rings (SSSR count). The molecule has 332 valence electrons. The van der Waals surface area contributed by atoms with Gasteiger partial charge in [0, 0.05) is 61.3 Å². The van der Waals surface area contributed by atoms with Crippen molar-refractivity contribution in [2.24, 2.45) is 17.8 Å². The normalized spacial score (nSPS) is 21.7. The molecule has 5 nitrogen and oxygen atoms in total. The van der Waals surface area contributed by atoms with E-state index < -0.39 is 0 Å². The smallest absolute Gasteiger partial charge is 0.135 e. The number of rotatable bonds is 6. The summed E-state index contributed by atoms with van der Waals surface area (Å²) < 4.78 is 8.97. The molecule has 0 spiro atoms. The molecule has 4 fully saturated rings. The molecule has 0 saturated heterocycles. The van der Waals surface area contributed by atoms with Crippen LogP contribution in [0.3, 0.4) is 0 Å². The second kappa shape index (κ2) is 15.4. The van der Waals surface area contributed by atoms with Gasteiger partial charge in [0.1, 0.15) is 5.82 Å². The number of para-hydroxylation sites is 2. The molecule has 4 saturated carbocycles. The third kappa shape index (κ3) is 7.39. The number of pyridine rings is 1. The van der Waals surface area contributed by atoms with E-state index in [1.54, 1.807) is 0 Å². The number of nitrogens with zero attached hydrogens (tertiary/aromatic N) is 4. The van der Waals surface area contributed by atoms with Crippen LogP contribution in [0.5, 0.6) is 11.5 Å². The third-order valence-electron chi connectivity index (χ3n) is 14.9. The Morgan fingerprint density at radius 3 is 1.94 bits per heavy atom. The van der Waals surface area contributed by atoms with Gasteiger partial charge in [-0.15, -0.1) is 48.1 Å². The van der Waals surface area contributed by atoms with E-state index in [1.807, 2.05) is 18.3 Å². The van der Waals surface area contributed by atoms with Crippen LogP contribution in [0, 0.1) is 36.6 Å². The monoisotopic (exact) mass is 1020 g/mol. The minimum Gasteiger partial charge on any atom is -0.509 e. The minimum absolute atomic E-state index is 0. The molecule has 7 aromatic rings. The zero-order chi connectivity index (χ0) is 43.6. The van der Waals surface area contributed by atoms with Crippen molar-refractivity contribution in [3.05, 3.63) is 150 Å². The SMILES string of the molecule is CC(C)(C)c1cc(N2[CH-]N(c3[c-]c(Oc4[c-]c5c(cc4)c4ccccc4n5-c4cc(C(C)(C)C)ccn4)ccc3)c3cccc(C45CC6CC(CC(C6)C4)C5)c32)cc(C(C)(C)C)c1.[Pt]. The van der Waals surface area contributed by atoms with Crippen LogP contribution >= 0.6 is 0 Å². The molecule has 5 aliphatic rings. The molecule has 2 aromatic heterocycles. The Morgan fingerprint density at radius 2 is 1.27 bits per heavy atom. The molecule has 0 radical (unpaired) electrons. The van der Waals surface area contributed by atoms with E-state index in [-0.39, 0.29) is 42.7 Å². The van der Waals surface area contributed by atoms with Crippen molar-refractivity contribution < 1.29 is 25.8 Å². The molecule has 3 heterocycles. The van der Waals surface area contributed by atoms with Crippen molar-refractivity contribution in [2.75, 3.05) is 9.80 Å². The molecule has 4 aliphatic carbocycles. The van der Waals surface area contributed by atoms with Gasteiger partial charge in [0.2, 0.25) is 0 Å². The summed E-state index contributed by atoms with van der Waals surface area (Å²) in [6.07, 6.45) is 10.1. The van der Waals surface area contributed by atoms with Crippen molar-refractivity contribution in [1.82, 2.24) is 9.55 Å². The molecule has 0 amide bonds. The Balaban J connectivity index is 0.00000484. The summed E-state index contributed by atoms with van der Waals surface area (Å²) >= 11 is 0. The summed E-state index contributed by atoms with van der Waals surface area (Å²) in [6.45, 7) is 23.1. The van der Waals surface area contributed by atoms with Crippen LogP contribution in [0.1, 0.15) is 123 Å². The summed E-state index contributed by atoms with van der Waals surface area (Å²) in [6, 6.07) is 45.2. The Kier molecular flexibility index (Phi) is 10.3. The second-order valence-electron chi connectivity index (χ2n) is 22.6. The van der Waals surface area contributed by atoms with Gasteiger partial charge in [0.15, 0.2) is 0 Å². The van der Waals surface area contributed by atoms with Gasteiger partial charge in [-0.3, -0.25) is 0 Å². The average Bonchev–Trinajstić information content (AvgIpc) is 3.79. The van der Waals surface area contributed by atoms with Gasteiger partial charge in [-0.05, 0) is 142 Å². The molecule has 6 heteroatoms. The van der Waals surface area contributed by atoms with Crippen molar-refractivity contribution in [2.45, 2.75) is 122 Å². The summed E-state index contributed by atoms with van der Waals surface area (Å²) in [4.78, 5) is 9.76. The molecular weight excluding hydrogens is 964 g/mol. The van der Waals surface area contributed by atoms with E-state index in [4.69, 9.17) is 9.72 Å². The number of hydrogen-bond donors (Lipinski definition) is 0. The number of ether oxygens (including phenoxy) is 1. The Labute approximate surface area is 395 Å². The molecule has 64 heavy (non-hydrogen) atoms. The van der Waals surface area contributed by atoms with Gasteiger partial charge in [0.25, 0.3) is 0 Å². The molecular formula is C58H61N4OPt-3. The molecule has 4 bridgehead atoms. The fourth-order valence-electron chi connectivity index (χ4n) is 12.0. The Hall–Kier alpha value is -4.86. The van der Waals surface area contributed by atoms with Crippen LogP contribution in [0.25, 0.3) is 27.6 Å². The predicted octanol–water partition coefficient (Wildman–Crippen LogP) is 15.3. The summed E-state index contributed by atoms with van der Waals surface area (Å²) in [5.41, 5.74) is 12.4. The van der Waals surface area contributed by atoms with E-state index in [0.29, 0.717) is 11.5 Å². The Bertz CT molecular complexity index is 2850. The van der Waals surface area contributed by atoms with Crippen LogP contribution in [0.4, 0.5) is 22.7 Å². The minimum atomic E-state index is -0.0121. The fourth-order valence-corrected chi connectivity index (χ4v) is 12.0. The number of aromatic nitrogens is 2. The summed E-state index contributed by atoms with van der Waals surface area (Å²) in [5, 5.41) is 2.28. The van der Waals surface area contributed by atoms with Gasteiger partial charge < -0.3 is 19.1 Å². The van der Waals surface area contributed by atoms with Gasteiger partial charge in [-0.1, -0.05) is 104 Å². The van der Waals surface area contributed by atoms with E-state index in [1.165, 1.54) is 77.8 Å². The maximum atomic E-state index is 6.75. The number of anilines is 4. The first-order valence-electron chi connectivity index (χ1n) is 23.4. The first-order chi connectivity index (χ1) is 30.0. The van der Waals surface area contributed by atoms with Gasteiger partial charge in [0.05, 0.1) is 0 Å². The molecule has 0 unspecified atom stereocenters. The predicted molar refractivity (Wildman–Crippen MR) is 260 cm³/mol. The molecule has 0 atom stereocenters. The van der Waals surface area contributed by atoms with Crippen molar-refractivity contribution in [1.29, 1.82) is 0 Å². The fraction of sp³-hybridized carbons (Fsp3) is 0.379. The number of fused-ring (bicyclic) bond motifs is 4. The largest absolute Gasteiger partial charge is 0.509 e. The topological polar surface area (TPSA) is 33.5 Å². The zero-order valence-electron chi connectivity index (χ0n) is 39.0. The van der Waals surface area contributed by atoms with E-state index in [0.717, 1.165) is 51.1 Å². The maximum Gasteiger partial charge on any atom is 0.135 e. The van der Waals surface area contributed by atoms with Crippen LogP contribution in [-0.4, -0.2) is 9.55 Å². The van der Waals surface area contributed by atoms with Crippen LogP contribution in [-0.2, 0) is 42.7 Å². The van der Waals surface area contributed by atoms with E-state index in [9.17, 15) is 0 Å². The van der Waals surface area contributed by atoms with Crippen molar-refractivity contribution in [3.8, 4) is 17.3 Å². The van der Waals surface area contributed by atoms with E-state index >= 15 is 0 Å². The molecule has 5 aromatic carbocycles. The zero-order valence-corrected chi connectivity index (χ0v) is 41.2. The summed E-state index contributed by atoms with van der Waals surface area (Å²) in [5.74, 6) is 4.71. The second-order valence-corrected chi connectivity index (χ2v) is 22.6. The van der Waals surface area contributed by atoms with Gasteiger partial charge >= 0.3 is 0 Å². The van der Waals surface area contributed by atoms with Crippen LogP contribution in [0.2, 0.25) is 0 Å². The number of benzene rings is 5. The summed E-state index contributed by atoms with van der Waals surface area (Å²) in [7, 11) is 0. The van der Waals surface area contributed by atoms with Crippen LogP contribution in [0.15, 0.2) is 109 Å². The first-order valence-corrected chi connectivity index (χ1v) is 23.4. The van der Waals surface area contributed by atoms with Crippen molar-refractivity contribution in [3.63, 3.8) is 0 Å². The van der Waals surface area contributed by atoms with E-state index in [2.05, 4.69) is 186 Å². The van der Waals surface area contributed by atoms with Gasteiger partial charge in [-0.2, -0.15) is 12.1 Å². The third-order valence-corrected chi connectivity index (χ3v) is 14.9. The average molecular weight is 1030 g/mol. The van der Waals surface area contributed by atoms with Crippen LogP contribution < -0.4 is 14.5 Å². The first kappa shape index (κ1) is 43.1. The Morgan fingerprint density at radius 1 is 0.625 bits per heavy atom. The standard InChI is InChI=1S/C58H61N4O.Pt/c1-55(2,3)40-22-23-59-53(30-40)62-50-18-11-10-16-47(50)48-21-20-46(32-52(48)62)63-45-15-12-14-43(31-45)60-36-61(44-28-41(56(4,5)6)27-42(29-44)57(7,8)9)54-49(17-13-19-51(54)60)58-33-37-24-38(34-58)26-39(25-37)35-58;/h10-23,27-30,36-39H,24-26,33-35H2,1-9H3;/q-3;. The number of hydrogen-bond acceptors (Lipinski definition) is 4. The van der Waals surface area contributed by atoms with Crippen molar-refractivity contribution >= 4 is 44.6 Å². The maximum absolute atomic E-state index is 6.75.